The Kier molecular flexibility index (Phi) is 6.38. The summed E-state index contributed by atoms with van der Waals surface area (Å²) in [6.45, 7) is 10.0. The maximum absolute atomic E-state index is 3.83. The third-order valence-electron chi connectivity index (χ3n) is 2.93. The second kappa shape index (κ2) is 8.10. The molecule has 0 heterocycles. The summed E-state index contributed by atoms with van der Waals surface area (Å²) in [5, 5.41) is 0. The molecule has 0 N–H and O–H groups in total. The van der Waals surface area contributed by atoms with Crippen LogP contribution in [-0.4, -0.2) is 0 Å². The van der Waals surface area contributed by atoms with Crippen molar-refractivity contribution in [3.05, 3.63) is 84.4 Å². The van der Waals surface area contributed by atoms with Gasteiger partial charge in [0.25, 0.3) is 0 Å². The molecule has 2 aromatic carbocycles. The highest BCUT2D eigenvalue weighted by Crippen LogP contribution is 2.11. The van der Waals surface area contributed by atoms with Gasteiger partial charge in [0.15, 0.2) is 0 Å². The van der Waals surface area contributed by atoms with Crippen molar-refractivity contribution in [3.8, 4) is 0 Å². The molecule has 0 amide bonds. The molecular weight excluding hydrogens is 228 g/mol. The van der Waals surface area contributed by atoms with Gasteiger partial charge in [0.2, 0.25) is 0 Å². The van der Waals surface area contributed by atoms with Crippen molar-refractivity contribution in [2.75, 3.05) is 0 Å². The van der Waals surface area contributed by atoms with Crippen LogP contribution in [0.25, 0.3) is 11.1 Å². The highest BCUT2D eigenvalue weighted by molar-refractivity contribution is 5.63. The second-order valence-corrected chi connectivity index (χ2v) is 4.48. The van der Waals surface area contributed by atoms with Gasteiger partial charge in [-0.3, -0.25) is 0 Å². The van der Waals surface area contributed by atoms with Crippen molar-refractivity contribution >= 4 is 11.1 Å². The molecule has 2 aromatic rings. The molecule has 0 heteroatoms. The average Bonchev–Trinajstić information content (AvgIpc) is 2.49. The highest BCUT2D eigenvalue weighted by Gasteiger charge is 1.88. The van der Waals surface area contributed by atoms with Gasteiger partial charge in [-0.15, -0.1) is 0 Å². The van der Waals surface area contributed by atoms with Crippen LogP contribution in [-0.2, 0) is 0 Å². The zero-order valence-corrected chi connectivity index (χ0v) is 12.1. The Morgan fingerprint density at radius 3 is 1.53 bits per heavy atom. The van der Waals surface area contributed by atoms with E-state index in [2.05, 4.69) is 62.9 Å². The Morgan fingerprint density at radius 2 is 1.21 bits per heavy atom. The molecule has 0 aromatic heterocycles. The Labute approximate surface area is 117 Å². The summed E-state index contributed by atoms with van der Waals surface area (Å²) in [5.41, 5.74) is 4.98. The minimum Gasteiger partial charge on any atom is -0.0955 e. The van der Waals surface area contributed by atoms with Crippen LogP contribution in [0.4, 0.5) is 0 Å². The maximum atomic E-state index is 3.83. The van der Waals surface area contributed by atoms with Gasteiger partial charge in [-0.05, 0) is 37.5 Å². The molecule has 19 heavy (non-hydrogen) atoms. The summed E-state index contributed by atoms with van der Waals surface area (Å²) < 4.78 is 0. The molecule has 0 spiro atoms. The number of allylic oxidation sites excluding steroid dienone is 3. The van der Waals surface area contributed by atoms with Crippen molar-refractivity contribution < 1.29 is 0 Å². The molecule has 0 saturated heterocycles. The third-order valence-corrected chi connectivity index (χ3v) is 2.93. The van der Waals surface area contributed by atoms with E-state index < -0.39 is 0 Å². The van der Waals surface area contributed by atoms with Crippen molar-refractivity contribution in [2.24, 2.45) is 0 Å². The van der Waals surface area contributed by atoms with Crippen LogP contribution in [0.15, 0.2) is 73.3 Å². The van der Waals surface area contributed by atoms with E-state index in [9.17, 15) is 0 Å². The van der Waals surface area contributed by atoms with E-state index in [4.69, 9.17) is 0 Å². The lowest BCUT2D eigenvalue weighted by molar-refractivity contribution is 1.54. The van der Waals surface area contributed by atoms with E-state index in [0.29, 0.717) is 0 Å². The van der Waals surface area contributed by atoms with E-state index in [1.165, 1.54) is 16.7 Å². The Bertz CT molecular complexity index is 518. The zero-order chi connectivity index (χ0) is 14.1. The number of benzene rings is 2. The first-order valence-corrected chi connectivity index (χ1v) is 6.54. The first-order valence-electron chi connectivity index (χ1n) is 6.54. The topological polar surface area (TPSA) is 0 Å². The van der Waals surface area contributed by atoms with Gasteiger partial charge < -0.3 is 0 Å². The minimum atomic E-state index is 1.12. The molecule has 0 aliphatic carbocycles. The molecule has 0 bridgehead atoms. The molecule has 0 unspecified atom stereocenters. The van der Waals surface area contributed by atoms with E-state index in [1.807, 2.05) is 31.2 Å². The molecule has 0 atom stereocenters. The summed E-state index contributed by atoms with van der Waals surface area (Å²) in [7, 11) is 0. The molecule has 0 saturated carbocycles. The molecule has 0 radical (unpaired) electrons. The number of hydrogen-bond acceptors (Lipinski definition) is 0. The molecule has 98 valence electrons. The maximum Gasteiger partial charge on any atom is -0.0231 e. The summed E-state index contributed by atoms with van der Waals surface area (Å²) in [6.07, 6.45) is 2.12. The van der Waals surface area contributed by atoms with Gasteiger partial charge in [-0.25, -0.2) is 0 Å². The van der Waals surface area contributed by atoms with Crippen LogP contribution in [0, 0.1) is 0 Å². The Hall–Kier alpha value is -2.08. The Balaban J connectivity index is 0.000000191. The normalized spacial score (nSPS) is 10.4. The molecule has 0 aliphatic rings. The van der Waals surface area contributed by atoms with Crippen LogP contribution >= 0.6 is 0 Å². The second-order valence-electron chi connectivity index (χ2n) is 4.48. The molecule has 0 aliphatic heterocycles. The molecule has 0 nitrogen and oxygen atoms in total. The lowest BCUT2D eigenvalue weighted by atomic mass is 10.1. The summed E-state index contributed by atoms with van der Waals surface area (Å²) >= 11 is 0. The third kappa shape index (κ3) is 5.39. The lowest BCUT2D eigenvalue weighted by Crippen LogP contribution is -1.75. The summed E-state index contributed by atoms with van der Waals surface area (Å²) in [6, 6.07) is 20.5. The van der Waals surface area contributed by atoms with Crippen LogP contribution in [0.5, 0.6) is 0 Å². The number of rotatable bonds is 2. The zero-order valence-electron chi connectivity index (χ0n) is 12.1. The summed E-state index contributed by atoms with van der Waals surface area (Å²) in [5.74, 6) is 0. The van der Waals surface area contributed by atoms with Gasteiger partial charge >= 0.3 is 0 Å². The van der Waals surface area contributed by atoms with E-state index in [-0.39, 0.29) is 0 Å². The smallest absolute Gasteiger partial charge is 0.0231 e. The fourth-order valence-electron chi connectivity index (χ4n) is 1.59. The average molecular weight is 250 g/mol. The van der Waals surface area contributed by atoms with Gasteiger partial charge in [0, 0.05) is 0 Å². The predicted molar refractivity (Wildman–Crippen MR) is 86.9 cm³/mol. The fourth-order valence-corrected chi connectivity index (χ4v) is 1.59. The first-order chi connectivity index (χ1) is 9.15. The van der Waals surface area contributed by atoms with Crippen LogP contribution in [0.1, 0.15) is 31.9 Å². The Morgan fingerprint density at radius 1 is 0.789 bits per heavy atom. The minimum absolute atomic E-state index is 1.12. The molecule has 2 rings (SSSR count). The van der Waals surface area contributed by atoms with E-state index in [1.54, 1.807) is 0 Å². The largest absolute Gasteiger partial charge is 0.0955 e. The highest BCUT2D eigenvalue weighted by atomic mass is 13.9. The van der Waals surface area contributed by atoms with Gasteiger partial charge in [-0.2, -0.15) is 0 Å². The van der Waals surface area contributed by atoms with Gasteiger partial charge in [-0.1, -0.05) is 78.9 Å². The predicted octanol–water partition coefficient (Wildman–Crippen LogP) is 5.83. The molecular formula is C19H22. The van der Waals surface area contributed by atoms with Crippen molar-refractivity contribution in [2.45, 2.75) is 20.8 Å². The molecule has 0 fully saturated rings. The standard InChI is InChI=1S/C10H12.C9H10/c1-3-9(2)10-7-5-4-6-8-10;1-8(2)9-6-4-3-5-7-9/h3-8H,1-2H3;3-7H,1H2,2H3. The lowest BCUT2D eigenvalue weighted by Gasteiger charge is -1.97. The van der Waals surface area contributed by atoms with Crippen molar-refractivity contribution in [3.63, 3.8) is 0 Å². The quantitative estimate of drug-likeness (QED) is 0.629. The summed E-state index contributed by atoms with van der Waals surface area (Å²) in [4.78, 5) is 0. The van der Waals surface area contributed by atoms with Gasteiger partial charge in [0.05, 0.1) is 0 Å². The van der Waals surface area contributed by atoms with Crippen molar-refractivity contribution in [1.29, 1.82) is 0 Å². The van der Waals surface area contributed by atoms with E-state index >= 15 is 0 Å². The van der Waals surface area contributed by atoms with Crippen LogP contribution in [0.2, 0.25) is 0 Å². The monoisotopic (exact) mass is 250 g/mol. The fraction of sp³-hybridized carbons (Fsp3) is 0.158. The SMILES string of the molecule is C=C(C)c1ccccc1.CC=C(C)c1ccccc1. The number of hydrogen-bond donors (Lipinski definition) is 0. The van der Waals surface area contributed by atoms with Crippen molar-refractivity contribution in [1.82, 2.24) is 0 Å². The van der Waals surface area contributed by atoms with Gasteiger partial charge in [0.1, 0.15) is 0 Å². The van der Waals surface area contributed by atoms with E-state index in [0.717, 1.165) is 5.57 Å². The van der Waals surface area contributed by atoms with Crippen LogP contribution in [0.3, 0.4) is 0 Å². The first kappa shape index (κ1) is 15.0. The van der Waals surface area contributed by atoms with Crippen LogP contribution < -0.4 is 0 Å².